The topological polar surface area (TPSA) is 49.3 Å². The number of benzene rings is 1. The first-order valence-corrected chi connectivity index (χ1v) is 6.41. The zero-order valence-corrected chi connectivity index (χ0v) is 10.7. The van der Waals surface area contributed by atoms with Crippen molar-refractivity contribution >= 4 is 23.6 Å². The van der Waals surface area contributed by atoms with E-state index >= 15 is 0 Å². The summed E-state index contributed by atoms with van der Waals surface area (Å²) in [6, 6.07) is 7.28. The Balaban J connectivity index is 1.74. The Kier molecular flexibility index (Phi) is 4.39. The normalized spacial score (nSPS) is 22.8. The molecule has 2 rings (SSSR count). The maximum atomic E-state index is 11.5. The van der Waals surface area contributed by atoms with Gasteiger partial charge in [-0.1, -0.05) is 23.7 Å². The maximum Gasteiger partial charge on any atom is 0.244 e. The van der Waals surface area contributed by atoms with Crippen molar-refractivity contribution in [3.63, 3.8) is 0 Å². The van der Waals surface area contributed by atoms with Gasteiger partial charge in [0, 0.05) is 17.6 Å². The molecule has 1 aliphatic rings. The number of hydrogen-bond donors (Lipinski definition) is 2. The van der Waals surface area contributed by atoms with Gasteiger partial charge in [0.15, 0.2) is 0 Å². The lowest BCUT2D eigenvalue weighted by atomic mass is 9.82. The Morgan fingerprint density at radius 1 is 1.39 bits per heavy atom. The summed E-state index contributed by atoms with van der Waals surface area (Å²) in [6.07, 6.45) is 4.68. The minimum atomic E-state index is -0.170. The van der Waals surface area contributed by atoms with E-state index < -0.39 is 0 Å². The second kappa shape index (κ2) is 6.03. The van der Waals surface area contributed by atoms with Crippen LogP contribution in [0.4, 0.5) is 0 Å². The predicted molar refractivity (Wildman–Crippen MR) is 72.2 cm³/mol. The minimum absolute atomic E-state index is 0.105. The molecule has 1 aromatic rings. The fourth-order valence-corrected chi connectivity index (χ4v) is 2.04. The van der Waals surface area contributed by atoms with Crippen LogP contribution in [0.25, 0.3) is 6.08 Å². The van der Waals surface area contributed by atoms with E-state index in [1.165, 1.54) is 6.08 Å². The first kappa shape index (κ1) is 13.1. The molecule has 0 aliphatic heterocycles. The van der Waals surface area contributed by atoms with Crippen LogP contribution < -0.4 is 5.32 Å². The highest BCUT2D eigenvalue weighted by Crippen LogP contribution is 2.25. The van der Waals surface area contributed by atoms with Crippen molar-refractivity contribution in [1.82, 2.24) is 5.32 Å². The second-order valence-corrected chi connectivity index (χ2v) is 5.06. The summed E-state index contributed by atoms with van der Waals surface area (Å²) in [7, 11) is 0. The van der Waals surface area contributed by atoms with Crippen molar-refractivity contribution in [2.45, 2.75) is 18.9 Å². The van der Waals surface area contributed by atoms with E-state index in [1.807, 2.05) is 12.1 Å². The molecule has 0 heterocycles. The summed E-state index contributed by atoms with van der Waals surface area (Å²) in [5.74, 6) is 0.319. The molecular formula is C14H16ClNO2. The van der Waals surface area contributed by atoms with Crippen LogP contribution in [0.5, 0.6) is 0 Å². The summed E-state index contributed by atoms with van der Waals surface area (Å²) in [5.41, 5.74) is 0.939. The smallest absolute Gasteiger partial charge is 0.244 e. The Morgan fingerprint density at radius 3 is 2.67 bits per heavy atom. The largest absolute Gasteiger partial charge is 0.393 e. The molecule has 0 radical (unpaired) electrons. The Hall–Kier alpha value is -1.32. The maximum absolute atomic E-state index is 11.5. The van der Waals surface area contributed by atoms with Crippen LogP contribution in [0.3, 0.4) is 0 Å². The van der Waals surface area contributed by atoms with E-state index in [0.29, 0.717) is 17.5 Å². The van der Waals surface area contributed by atoms with E-state index in [1.54, 1.807) is 18.2 Å². The lowest BCUT2D eigenvalue weighted by Gasteiger charge is -2.31. The van der Waals surface area contributed by atoms with Gasteiger partial charge in [-0.2, -0.15) is 0 Å². The average Bonchev–Trinajstić information content (AvgIpc) is 2.32. The van der Waals surface area contributed by atoms with Gasteiger partial charge in [-0.15, -0.1) is 0 Å². The highest BCUT2D eigenvalue weighted by molar-refractivity contribution is 6.30. The van der Waals surface area contributed by atoms with Crippen LogP contribution in [0.2, 0.25) is 5.02 Å². The highest BCUT2D eigenvalue weighted by atomic mass is 35.5. The van der Waals surface area contributed by atoms with Crippen LogP contribution in [-0.4, -0.2) is 23.7 Å². The molecule has 96 valence electrons. The summed E-state index contributed by atoms with van der Waals surface area (Å²) >= 11 is 5.77. The molecule has 0 atom stereocenters. The molecule has 1 aromatic carbocycles. The van der Waals surface area contributed by atoms with Crippen LogP contribution >= 0.6 is 11.6 Å². The third-order valence-electron chi connectivity index (χ3n) is 3.07. The predicted octanol–water partition coefficient (Wildman–Crippen LogP) is 2.24. The zero-order valence-electron chi connectivity index (χ0n) is 9.97. The van der Waals surface area contributed by atoms with Gasteiger partial charge in [0.1, 0.15) is 0 Å². The molecule has 0 spiro atoms. The highest BCUT2D eigenvalue weighted by Gasteiger charge is 2.26. The standard InChI is InChI=1S/C14H16ClNO2/c15-12-4-1-10(2-5-12)3-6-14(18)16-9-11-7-13(17)8-11/h1-6,11,13,17H,7-9H2,(H,16,18). The van der Waals surface area contributed by atoms with Crippen LogP contribution in [0.15, 0.2) is 30.3 Å². The summed E-state index contributed by atoms with van der Waals surface area (Å²) in [4.78, 5) is 11.5. The van der Waals surface area contributed by atoms with E-state index in [-0.39, 0.29) is 12.0 Å². The van der Waals surface area contributed by atoms with Crippen LogP contribution in [-0.2, 0) is 4.79 Å². The van der Waals surface area contributed by atoms with Gasteiger partial charge in [0.2, 0.25) is 5.91 Å². The summed E-state index contributed by atoms with van der Waals surface area (Å²) in [6.45, 7) is 0.640. The first-order valence-electron chi connectivity index (χ1n) is 6.03. The lowest BCUT2D eigenvalue weighted by molar-refractivity contribution is -0.117. The van der Waals surface area contributed by atoms with Gasteiger partial charge in [-0.3, -0.25) is 4.79 Å². The molecule has 0 aromatic heterocycles. The monoisotopic (exact) mass is 265 g/mol. The van der Waals surface area contributed by atoms with Crippen LogP contribution in [0, 0.1) is 5.92 Å². The Morgan fingerprint density at radius 2 is 2.06 bits per heavy atom. The molecule has 0 unspecified atom stereocenters. The Bertz CT molecular complexity index is 436. The molecule has 1 fully saturated rings. The number of nitrogens with one attached hydrogen (secondary N) is 1. The average molecular weight is 266 g/mol. The van der Waals surface area contributed by atoms with Gasteiger partial charge in [0.05, 0.1) is 6.10 Å². The molecular weight excluding hydrogens is 250 g/mol. The van der Waals surface area contributed by atoms with Crippen molar-refractivity contribution in [2.75, 3.05) is 6.54 Å². The molecule has 1 saturated carbocycles. The molecule has 4 heteroatoms. The van der Waals surface area contributed by atoms with E-state index in [2.05, 4.69) is 5.32 Å². The number of hydrogen-bond acceptors (Lipinski definition) is 2. The molecule has 0 saturated heterocycles. The number of rotatable bonds is 4. The first-order chi connectivity index (χ1) is 8.63. The van der Waals surface area contributed by atoms with Crippen molar-refractivity contribution in [3.05, 3.63) is 40.9 Å². The molecule has 18 heavy (non-hydrogen) atoms. The number of carbonyl (C=O) groups is 1. The van der Waals surface area contributed by atoms with E-state index in [4.69, 9.17) is 16.7 Å². The fraction of sp³-hybridized carbons (Fsp3) is 0.357. The fourth-order valence-electron chi connectivity index (χ4n) is 1.92. The van der Waals surface area contributed by atoms with Crippen molar-refractivity contribution in [2.24, 2.45) is 5.92 Å². The number of aliphatic hydroxyl groups is 1. The van der Waals surface area contributed by atoms with Gasteiger partial charge < -0.3 is 10.4 Å². The van der Waals surface area contributed by atoms with Crippen LogP contribution in [0.1, 0.15) is 18.4 Å². The van der Waals surface area contributed by atoms with Crippen molar-refractivity contribution in [3.8, 4) is 0 Å². The number of amides is 1. The third-order valence-corrected chi connectivity index (χ3v) is 3.32. The van der Waals surface area contributed by atoms with E-state index in [0.717, 1.165) is 18.4 Å². The third kappa shape index (κ3) is 3.86. The second-order valence-electron chi connectivity index (χ2n) is 4.62. The number of halogens is 1. The van der Waals surface area contributed by atoms with Gasteiger partial charge in [-0.25, -0.2) is 0 Å². The Labute approximate surface area is 111 Å². The van der Waals surface area contributed by atoms with Gasteiger partial charge in [0.25, 0.3) is 0 Å². The summed E-state index contributed by atoms with van der Waals surface area (Å²) < 4.78 is 0. The summed E-state index contributed by atoms with van der Waals surface area (Å²) in [5, 5.41) is 12.6. The molecule has 1 aliphatic carbocycles. The zero-order chi connectivity index (χ0) is 13.0. The lowest BCUT2D eigenvalue weighted by Crippen LogP contribution is -2.37. The van der Waals surface area contributed by atoms with Crippen molar-refractivity contribution < 1.29 is 9.90 Å². The molecule has 0 bridgehead atoms. The SMILES string of the molecule is O=C(C=Cc1ccc(Cl)cc1)NCC1CC(O)C1. The molecule has 2 N–H and O–H groups in total. The number of aliphatic hydroxyl groups excluding tert-OH is 1. The van der Waals surface area contributed by atoms with Crippen molar-refractivity contribution in [1.29, 1.82) is 0 Å². The number of carbonyl (C=O) groups excluding carboxylic acids is 1. The van der Waals surface area contributed by atoms with Gasteiger partial charge >= 0.3 is 0 Å². The molecule has 1 amide bonds. The minimum Gasteiger partial charge on any atom is -0.393 e. The molecule has 3 nitrogen and oxygen atoms in total. The quantitative estimate of drug-likeness (QED) is 0.821. The van der Waals surface area contributed by atoms with Gasteiger partial charge in [-0.05, 0) is 42.5 Å². The van der Waals surface area contributed by atoms with E-state index in [9.17, 15) is 4.79 Å².